The highest BCUT2D eigenvalue weighted by Crippen LogP contribution is 2.27. The molecular formula is C13H21NO2. The minimum Gasteiger partial charge on any atom is -0.496 e. The lowest BCUT2D eigenvalue weighted by molar-refractivity contribution is 0.180. The Hall–Kier alpha value is -1.06. The van der Waals surface area contributed by atoms with Gasteiger partial charge in [0.15, 0.2) is 0 Å². The lowest BCUT2D eigenvalue weighted by Gasteiger charge is -2.18. The van der Waals surface area contributed by atoms with Crippen LogP contribution in [0.4, 0.5) is 0 Å². The first-order chi connectivity index (χ1) is 7.76. The first kappa shape index (κ1) is 13.0. The van der Waals surface area contributed by atoms with Gasteiger partial charge in [-0.15, -0.1) is 0 Å². The van der Waals surface area contributed by atoms with Gasteiger partial charge >= 0.3 is 0 Å². The van der Waals surface area contributed by atoms with Gasteiger partial charge < -0.3 is 15.2 Å². The van der Waals surface area contributed by atoms with E-state index in [0.717, 1.165) is 17.7 Å². The van der Waals surface area contributed by atoms with E-state index in [4.69, 9.17) is 15.2 Å². The van der Waals surface area contributed by atoms with Crippen LogP contribution in [0, 0.1) is 0 Å². The molecule has 1 aromatic rings. The molecule has 0 aliphatic rings. The molecule has 0 radical (unpaired) electrons. The molecule has 0 saturated heterocycles. The zero-order valence-electron chi connectivity index (χ0n) is 10.3. The number of hydrogen-bond donors (Lipinski definition) is 1. The lowest BCUT2D eigenvalue weighted by Crippen LogP contribution is -2.18. The monoisotopic (exact) mass is 223 g/mol. The van der Waals surface area contributed by atoms with Crippen LogP contribution in [-0.4, -0.2) is 27.4 Å². The molecule has 3 nitrogen and oxygen atoms in total. The second kappa shape index (κ2) is 6.51. The van der Waals surface area contributed by atoms with Gasteiger partial charge in [-0.3, -0.25) is 0 Å². The summed E-state index contributed by atoms with van der Waals surface area (Å²) >= 11 is 0. The maximum atomic E-state index is 5.77. The average molecular weight is 223 g/mol. The van der Waals surface area contributed by atoms with E-state index in [1.807, 2.05) is 6.07 Å². The topological polar surface area (TPSA) is 44.5 Å². The third kappa shape index (κ3) is 2.97. The van der Waals surface area contributed by atoms with Crippen molar-refractivity contribution >= 4 is 0 Å². The number of rotatable bonds is 6. The summed E-state index contributed by atoms with van der Waals surface area (Å²) in [5.41, 5.74) is 8.21. The van der Waals surface area contributed by atoms with Crippen molar-refractivity contribution in [1.82, 2.24) is 0 Å². The summed E-state index contributed by atoms with van der Waals surface area (Å²) < 4.78 is 10.5. The van der Waals surface area contributed by atoms with Gasteiger partial charge in [0.1, 0.15) is 5.75 Å². The Bertz CT molecular complexity index is 326. The standard InChI is InChI=1S/C13H21NO2/c1-4-10-5-6-13(16-3)12(7-10)11(8-14)9-15-2/h5-7,11H,4,8-9,14H2,1-3H3. The summed E-state index contributed by atoms with van der Waals surface area (Å²) in [6.07, 6.45) is 1.02. The molecule has 0 bridgehead atoms. The van der Waals surface area contributed by atoms with E-state index >= 15 is 0 Å². The first-order valence-corrected chi connectivity index (χ1v) is 5.62. The lowest BCUT2D eigenvalue weighted by atomic mass is 9.96. The largest absolute Gasteiger partial charge is 0.496 e. The van der Waals surface area contributed by atoms with Crippen LogP contribution in [0.3, 0.4) is 0 Å². The number of hydrogen-bond acceptors (Lipinski definition) is 3. The molecule has 0 aliphatic heterocycles. The van der Waals surface area contributed by atoms with Crippen molar-refractivity contribution in [2.75, 3.05) is 27.4 Å². The van der Waals surface area contributed by atoms with Crippen LogP contribution in [0.2, 0.25) is 0 Å². The van der Waals surface area contributed by atoms with Crippen LogP contribution < -0.4 is 10.5 Å². The Morgan fingerprint density at radius 3 is 2.56 bits per heavy atom. The fourth-order valence-electron chi connectivity index (χ4n) is 1.81. The van der Waals surface area contributed by atoms with Crippen molar-refractivity contribution in [3.8, 4) is 5.75 Å². The van der Waals surface area contributed by atoms with Crippen molar-refractivity contribution in [3.05, 3.63) is 29.3 Å². The van der Waals surface area contributed by atoms with E-state index in [-0.39, 0.29) is 5.92 Å². The molecular weight excluding hydrogens is 202 g/mol. The van der Waals surface area contributed by atoms with Gasteiger partial charge in [-0.2, -0.15) is 0 Å². The number of nitrogens with two attached hydrogens (primary N) is 1. The molecule has 1 atom stereocenters. The molecule has 1 aromatic carbocycles. The molecule has 1 rings (SSSR count). The van der Waals surface area contributed by atoms with Crippen molar-refractivity contribution in [3.63, 3.8) is 0 Å². The van der Waals surface area contributed by atoms with Crippen molar-refractivity contribution < 1.29 is 9.47 Å². The van der Waals surface area contributed by atoms with Crippen molar-refractivity contribution in [2.24, 2.45) is 5.73 Å². The van der Waals surface area contributed by atoms with Crippen molar-refractivity contribution in [1.29, 1.82) is 0 Å². The Morgan fingerprint density at radius 2 is 2.06 bits per heavy atom. The van der Waals surface area contributed by atoms with Gasteiger partial charge in [0.2, 0.25) is 0 Å². The molecule has 0 aromatic heterocycles. The quantitative estimate of drug-likeness (QED) is 0.801. The van der Waals surface area contributed by atoms with Gasteiger partial charge in [0.05, 0.1) is 13.7 Å². The smallest absolute Gasteiger partial charge is 0.122 e. The molecule has 16 heavy (non-hydrogen) atoms. The fraction of sp³-hybridized carbons (Fsp3) is 0.538. The van der Waals surface area contributed by atoms with Crippen LogP contribution in [0.15, 0.2) is 18.2 Å². The zero-order chi connectivity index (χ0) is 12.0. The summed E-state index contributed by atoms with van der Waals surface area (Å²) in [7, 11) is 3.38. The van der Waals surface area contributed by atoms with Crippen LogP contribution in [-0.2, 0) is 11.2 Å². The maximum Gasteiger partial charge on any atom is 0.122 e. The Labute approximate surface area is 97.6 Å². The van der Waals surface area contributed by atoms with Crippen molar-refractivity contribution in [2.45, 2.75) is 19.3 Å². The molecule has 0 aliphatic carbocycles. The summed E-state index contributed by atoms with van der Waals surface area (Å²) in [5.74, 6) is 1.09. The summed E-state index contributed by atoms with van der Waals surface area (Å²) in [6, 6.07) is 6.25. The van der Waals surface area contributed by atoms with Crippen LogP contribution >= 0.6 is 0 Å². The van der Waals surface area contributed by atoms with E-state index in [2.05, 4.69) is 19.1 Å². The zero-order valence-corrected chi connectivity index (χ0v) is 10.3. The predicted octanol–water partition coefficient (Wildman–Crippen LogP) is 1.95. The van der Waals surface area contributed by atoms with E-state index < -0.39 is 0 Å². The van der Waals surface area contributed by atoms with Gasteiger partial charge in [-0.25, -0.2) is 0 Å². The molecule has 0 heterocycles. The van der Waals surface area contributed by atoms with Crippen LogP contribution in [0.5, 0.6) is 5.75 Å². The molecule has 0 spiro atoms. The van der Waals surface area contributed by atoms with Gasteiger partial charge in [0.25, 0.3) is 0 Å². The third-order valence-corrected chi connectivity index (χ3v) is 2.79. The molecule has 90 valence electrons. The predicted molar refractivity (Wildman–Crippen MR) is 66.0 cm³/mol. The second-order valence-electron chi connectivity index (χ2n) is 3.82. The molecule has 2 N–H and O–H groups in total. The van der Waals surface area contributed by atoms with Crippen LogP contribution in [0.25, 0.3) is 0 Å². The van der Waals surface area contributed by atoms with Gasteiger partial charge in [0, 0.05) is 25.1 Å². The highest BCUT2D eigenvalue weighted by Gasteiger charge is 2.15. The SMILES string of the molecule is CCc1ccc(OC)c(C(CN)COC)c1. The molecule has 1 unspecified atom stereocenters. The molecule has 0 fully saturated rings. The fourth-order valence-corrected chi connectivity index (χ4v) is 1.81. The van der Waals surface area contributed by atoms with Gasteiger partial charge in [-0.1, -0.05) is 19.1 Å². The van der Waals surface area contributed by atoms with E-state index in [1.54, 1.807) is 14.2 Å². The number of ether oxygens (including phenoxy) is 2. The highest BCUT2D eigenvalue weighted by atomic mass is 16.5. The maximum absolute atomic E-state index is 5.77. The highest BCUT2D eigenvalue weighted by molar-refractivity contribution is 5.40. The van der Waals surface area contributed by atoms with E-state index in [0.29, 0.717) is 13.2 Å². The first-order valence-electron chi connectivity index (χ1n) is 5.62. The summed E-state index contributed by atoms with van der Waals surface area (Å²) in [6.45, 7) is 3.33. The number of benzene rings is 1. The molecule has 3 heteroatoms. The van der Waals surface area contributed by atoms with Crippen LogP contribution in [0.1, 0.15) is 24.0 Å². The summed E-state index contributed by atoms with van der Waals surface area (Å²) in [5, 5.41) is 0. The minimum atomic E-state index is 0.200. The Morgan fingerprint density at radius 1 is 1.31 bits per heavy atom. The Balaban J connectivity index is 3.05. The third-order valence-electron chi connectivity index (χ3n) is 2.79. The van der Waals surface area contributed by atoms with Gasteiger partial charge in [-0.05, 0) is 18.1 Å². The van der Waals surface area contributed by atoms with E-state index in [1.165, 1.54) is 5.56 Å². The average Bonchev–Trinajstić information content (AvgIpc) is 2.35. The molecule has 0 amide bonds. The summed E-state index contributed by atoms with van der Waals surface area (Å²) in [4.78, 5) is 0. The normalized spacial score (nSPS) is 12.5. The van der Waals surface area contributed by atoms with E-state index in [9.17, 15) is 0 Å². The Kier molecular flexibility index (Phi) is 5.29. The second-order valence-corrected chi connectivity index (χ2v) is 3.82. The molecule has 0 saturated carbocycles. The number of methoxy groups -OCH3 is 2. The minimum absolute atomic E-state index is 0.200. The number of aryl methyl sites for hydroxylation is 1.